The molecule has 2 heterocycles. The summed E-state index contributed by atoms with van der Waals surface area (Å²) in [6, 6.07) is 1.35. The van der Waals surface area contributed by atoms with E-state index in [0.29, 0.717) is 24.3 Å². The maximum atomic E-state index is 12.5. The van der Waals surface area contributed by atoms with E-state index < -0.39 is 24.4 Å². The van der Waals surface area contributed by atoms with Crippen molar-refractivity contribution in [3.8, 4) is 5.75 Å². The first-order valence-corrected chi connectivity index (χ1v) is 8.82. The molecule has 10 heteroatoms. The number of ether oxygens (including phenoxy) is 1. The maximum Gasteiger partial charge on any atom is 0.387 e. The summed E-state index contributed by atoms with van der Waals surface area (Å²) in [6.07, 6.45) is 1.09. The van der Waals surface area contributed by atoms with Crippen LogP contribution in [0.3, 0.4) is 0 Å². The normalized spacial score (nSPS) is 17.3. The summed E-state index contributed by atoms with van der Waals surface area (Å²) in [5, 5.41) is 9.09. The monoisotopic (exact) mass is 390 g/mol. The topological polar surface area (TPSA) is 87.2 Å². The van der Waals surface area contributed by atoms with Crippen LogP contribution in [0.25, 0.3) is 0 Å². The van der Waals surface area contributed by atoms with Gasteiger partial charge in [-0.15, -0.1) is 11.3 Å². The highest BCUT2D eigenvalue weighted by atomic mass is 32.1. The lowest BCUT2D eigenvalue weighted by atomic mass is 9.98. The van der Waals surface area contributed by atoms with Crippen molar-refractivity contribution in [1.29, 1.82) is 0 Å². The van der Waals surface area contributed by atoms with E-state index in [2.05, 4.69) is 4.74 Å². The third-order valence-electron chi connectivity index (χ3n) is 4.07. The number of amides is 2. The average Bonchev–Trinajstić information content (AvgIpc) is 2.93. The molecule has 26 heavy (non-hydrogen) atoms. The molecular weight excluding hydrogens is 370 g/mol. The van der Waals surface area contributed by atoms with Crippen molar-refractivity contribution in [2.24, 2.45) is 5.92 Å². The van der Waals surface area contributed by atoms with Gasteiger partial charge in [-0.2, -0.15) is 8.78 Å². The summed E-state index contributed by atoms with van der Waals surface area (Å²) in [6.45, 7) is -1.12. The number of carbonyl (C=O) groups excluding carboxylic acids is 2. The van der Waals surface area contributed by atoms with Gasteiger partial charge in [0.15, 0.2) is 0 Å². The molecule has 1 atom stereocenters. The lowest BCUT2D eigenvalue weighted by molar-refractivity contribution is -0.145. The van der Waals surface area contributed by atoms with Gasteiger partial charge in [0.05, 0.1) is 12.5 Å². The molecule has 1 fully saturated rings. The molecule has 2 amide bonds. The van der Waals surface area contributed by atoms with Crippen molar-refractivity contribution in [2.75, 3.05) is 26.7 Å². The van der Waals surface area contributed by atoms with Gasteiger partial charge in [0.1, 0.15) is 10.6 Å². The van der Waals surface area contributed by atoms with Crippen LogP contribution in [0.2, 0.25) is 0 Å². The number of carboxylic acid groups (broad SMARTS) is 1. The minimum atomic E-state index is -3.05. The minimum absolute atomic E-state index is 0.000145. The minimum Gasteiger partial charge on any atom is -0.481 e. The molecule has 1 aromatic heterocycles. The number of hydrogen-bond donors (Lipinski definition) is 1. The molecule has 2 rings (SSSR count). The summed E-state index contributed by atoms with van der Waals surface area (Å²) in [7, 11) is 1.39. The Hall–Kier alpha value is -2.23. The lowest BCUT2D eigenvalue weighted by Gasteiger charge is -2.32. The van der Waals surface area contributed by atoms with Crippen molar-refractivity contribution in [3.05, 3.63) is 15.8 Å². The summed E-state index contributed by atoms with van der Waals surface area (Å²) in [5.41, 5.74) is 0. The molecule has 1 N–H and O–H groups in total. The van der Waals surface area contributed by atoms with Crippen molar-refractivity contribution in [2.45, 2.75) is 26.4 Å². The highest BCUT2D eigenvalue weighted by molar-refractivity contribution is 7.14. The van der Waals surface area contributed by atoms with Gasteiger partial charge in [-0.3, -0.25) is 14.4 Å². The summed E-state index contributed by atoms with van der Waals surface area (Å²) < 4.78 is 29.3. The number of aliphatic carboxylic acids is 1. The Morgan fingerprint density at radius 2 is 2.15 bits per heavy atom. The molecule has 1 aliphatic rings. The van der Waals surface area contributed by atoms with E-state index in [1.807, 2.05) is 0 Å². The number of halogens is 2. The second-order valence-electron chi connectivity index (χ2n) is 6.11. The molecule has 0 aliphatic carbocycles. The quantitative estimate of drug-likeness (QED) is 0.803. The number of aryl methyl sites for hydroxylation is 1. The second-order valence-corrected chi connectivity index (χ2v) is 7.36. The van der Waals surface area contributed by atoms with Gasteiger partial charge in [0.2, 0.25) is 5.91 Å². The molecule has 0 spiro atoms. The predicted octanol–water partition coefficient (Wildman–Crippen LogP) is 2.05. The molecular formula is C16H20F2N2O5S. The molecule has 0 radical (unpaired) electrons. The number of thiophene rings is 1. The van der Waals surface area contributed by atoms with Crippen LogP contribution < -0.4 is 4.74 Å². The van der Waals surface area contributed by atoms with E-state index in [-0.39, 0.29) is 29.6 Å². The van der Waals surface area contributed by atoms with Crippen LogP contribution in [0.1, 0.15) is 27.4 Å². The zero-order valence-electron chi connectivity index (χ0n) is 14.4. The Morgan fingerprint density at radius 1 is 1.46 bits per heavy atom. The third-order valence-corrected chi connectivity index (χ3v) is 5.09. The summed E-state index contributed by atoms with van der Waals surface area (Å²) in [5.74, 6) is -2.75. The number of alkyl halides is 2. The van der Waals surface area contributed by atoms with Crippen LogP contribution in [-0.4, -0.2) is 66.0 Å². The van der Waals surface area contributed by atoms with E-state index in [1.54, 1.807) is 6.92 Å². The smallest absolute Gasteiger partial charge is 0.387 e. The highest BCUT2D eigenvalue weighted by Gasteiger charge is 2.30. The second kappa shape index (κ2) is 8.43. The van der Waals surface area contributed by atoms with Gasteiger partial charge < -0.3 is 19.6 Å². The molecule has 0 saturated carbocycles. The van der Waals surface area contributed by atoms with Gasteiger partial charge in [-0.05, 0) is 25.8 Å². The Kier molecular flexibility index (Phi) is 6.52. The van der Waals surface area contributed by atoms with Gasteiger partial charge in [0.25, 0.3) is 5.91 Å². The van der Waals surface area contributed by atoms with E-state index in [0.717, 1.165) is 16.2 Å². The van der Waals surface area contributed by atoms with E-state index in [9.17, 15) is 23.2 Å². The van der Waals surface area contributed by atoms with Crippen LogP contribution in [0, 0.1) is 12.8 Å². The van der Waals surface area contributed by atoms with Crippen LogP contribution in [0.5, 0.6) is 5.75 Å². The zero-order valence-corrected chi connectivity index (χ0v) is 15.2. The number of rotatable bonds is 6. The fourth-order valence-corrected chi connectivity index (χ4v) is 3.72. The molecule has 0 aromatic carbocycles. The number of hydrogen-bond acceptors (Lipinski definition) is 5. The Morgan fingerprint density at radius 3 is 2.77 bits per heavy atom. The number of likely N-dealkylation sites (tertiary alicyclic amines) is 1. The van der Waals surface area contributed by atoms with Crippen molar-refractivity contribution in [3.63, 3.8) is 0 Å². The van der Waals surface area contributed by atoms with Crippen molar-refractivity contribution in [1.82, 2.24) is 9.80 Å². The van der Waals surface area contributed by atoms with E-state index in [4.69, 9.17) is 5.11 Å². The number of carbonyl (C=O) groups is 3. The van der Waals surface area contributed by atoms with Crippen LogP contribution in [0.4, 0.5) is 8.78 Å². The molecule has 1 aliphatic heterocycles. The van der Waals surface area contributed by atoms with Crippen molar-refractivity contribution < 1.29 is 33.0 Å². The average molecular weight is 390 g/mol. The Balaban J connectivity index is 2.03. The van der Waals surface area contributed by atoms with Crippen LogP contribution in [0.15, 0.2) is 6.07 Å². The predicted molar refractivity (Wildman–Crippen MR) is 89.6 cm³/mol. The highest BCUT2D eigenvalue weighted by Crippen LogP contribution is 2.31. The van der Waals surface area contributed by atoms with E-state index >= 15 is 0 Å². The Bertz CT molecular complexity index is 694. The summed E-state index contributed by atoms with van der Waals surface area (Å²) in [4.78, 5) is 39.1. The van der Waals surface area contributed by atoms with Gasteiger partial charge in [-0.25, -0.2) is 0 Å². The largest absolute Gasteiger partial charge is 0.481 e. The maximum absolute atomic E-state index is 12.5. The molecule has 1 saturated heterocycles. The lowest BCUT2D eigenvalue weighted by Crippen LogP contribution is -2.46. The van der Waals surface area contributed by atoms with Gasteiger partial charge in [0, 0.05) is 25.0 Å². The molecule has 1 aromatic rings. The van der Waals surface area contributed by atoms with Gasteiger partial charge in [-0.1, -0.05) is 0 Å². The standard InChI is InChI=1S/C16H20F2N2O5S/c1-9-6-11(25-16(17)18)13(26-9)14(22)19(2)8-12(21)20-5-3-4-10(7-20)15(23)24/h6,10,16H,3-5,7-8H2,1-2H3,(H,23,24). The van der Waals surface area contributed by atoms with Crippen molar-refractivity contribution >= 4 is 29.1 Å². The van der Waals surface area contributed by atoms with Crippen LogP contribution >= 0.6 is 11.3 Å². The summed E-state index contributed by atoms with van der Waals surface area (Å²) >= 11 is 1.01. The molecule has 0 bridgehead atoms. The molecule has 1 unspecified atom stereocenters. The fourth-order valence-electron chi connectivity index (χ4n) is 2.78. The zero-order chi connectivity index (χ0) is 19.4. The fraction of sp³-hybridized carbons (Fsp3) is 0.562. The number of carboxylic acids is 1. The molecule has 7 nitrogen and oxygen atoms in total. The number of piperidine rings is 1. The Labute approximate surface area is 153 Å². The van der Waals surface area contributed by atoms with Gasteiger partial charge >= 0.3 is 12.6 Å². The van der Waals surface area contributed by atoms with E-state index in [1.165, 1.54) is 18.0 Å². The number of likely N-dealkylation sites (N-methyl/N-ethyl adjacent to an activating group) is 1. The first kappa shape index (κ1) is 20.1. The third kappa shape index (κ3) is 4.90. The first-order valence-electron chi connectivity index (χ1n) is 8.00. The van der Waals surface area contributed by atoms with Crippen LogP contribution in [-0.2, 0) is 9.59 Å². The molecule has 144 valence electrons. The SMILES string of the molecule is Cc1cc(OC(F)F)c(C(=O)N(C)CC(=O)N2CCCC(C(=O)O)C2)s1. The number of nitrogens with zero attached hydrogens (tertiary/aromatic N) is 2. The first-order chi connectivity index (χ1) is 12.2.